The van der Waals surface area contributed by atoms with Crippen LogP contribution in [0, 0.1) is 0 Å². The van der Waals surface area contributed by atoms with Crippen LogP contribution >= 0.6 is 34.7 Å². The first kappa shape index (κ1) is 12.2. The predicted octanol–water partition coefficient (Wildman–Crippen LogP) is 2.44. The minimum atomic E-state index is -0.0432. The van der Waals surface area contributed by atoms with Crippen LogP contribution in [0.4, 0.5) is 0 Å². The van der Waals surface area contributed by atoms with Crippen molar-refractivity contribution >= 4 is 40.5 Å². The number of thiazole rings is 1. The zero-order chi connectivity index (χ0) is 12.3. The summed E-state index contributed by atoms with van der Waals surface area (Å²) in [6.07, 6.45) is 3.25. The summed E-state index contributed by atoms with van der Waals surface area (Å²) in [5, 5.41) is 14.3. The molecule has 88 valence electrons. The van der Waals surface area contributed by atoms with Crippen molar-refractivity contribution in [1.29, 1.82) is 0 Å². The number of halogens is 1. The van der Waals surface area contributed by atoms with E-state index in [1.54, 1.807) is 18.5 Å². The maximum Gasteiger partial charge on any atom is 0.171 e. The smallest absolute Gasteiger partial charge is 0.171 e. The molecule has 2 aromatic heterocycles. The third-order valence-electron chi connectivity index (χ3n) is 1.83. The molecule has 0 aliphatic heterocycles. The second-order valence-corrected chi connectivity index (χ2v) is 5.37. The van der Waals surface area contributed by atoms with E-state index in [1.165, 1.54) is 23.1 Å². The van der Waals surface area contributed by atoms with Crippen LogP contribution in [0.5, 0.6) is 0 Å². The monoisotopic (exact) mass is 286 g/mol. The van der Waals surface area contributed by atoms with Gasteiger partial charge in [-0.15, -0.1) is 11.3 Å². The fourth-order valence-electron chi connectivity index (χ4n) is 1.09. The highest BCUT2D eigenvalue weighted by Gasteiger charge is 2.13. The van der Waals surface area contributed by atoms with E-state index in [9.17, 15) is 0 Å². The minimum absolute atomic E-state index is 0.0432. The van der Waals surface area contributed by atoms with Crippen molar-refractivity contribution in [2.45, 2.75) is 9.37 Å². The van der Waals surface area contributed by atoms with Gasteiger partial charge in [0.2, 0.25) is 0 Å². The topological polar surface area (TPSA) is 84.4 Å². The van der Waals surface area contributed by atoms with Crippen LogP contribution in [0.25, 0.3) is 0 Å². The van der Waals surface area contributed by atoms with Crippen LogP contribution in [-0.2, 0) is 0 Å². The number of hydrogen-bond acceptors (Lipinski definition) is 6. The van der Waals surface area contributed by atoms with E-state index in [2.05, 4.69) is 15.1 Å². The number of rotatable bonds is 3. The van der Waals surface area contributed by atoms with Crippen LogP contribution < -0.4 is 5.73 Å². The second kappa shape index (κ2) is 5.35. The van der Waals surface area contributed by atoms with E-state index < -0.39 is 0 Å². The maximum atomic E-state index is 8.63. The molecule has 0 unspecified atom stereocenters. The summed E-state index contributed by atoms with van der Waals surface area (Å²) in [7, 11) is 0. The zero-order valence-electron chi connectivity index (χ0n) is 8.37. The summed E-state index contributed by atoms with van der Waals surface area (Å²) in [5.41, 5.74) is 5.95. The molecule has 2 rings (SSSR count). The Balaban J connectivity index is 2.36. The summed E-state index contributed by atoms with van der Waals surface area (Å²) >= 11 is 8.94. The molecule has 0 aliphatic carbocycles. The van der Waals surface area contributed by atoms with E-state index in [0.717, 1.165) is 4.34 Å². The molecule has 0 aromatic carbocycles. The van der Waals surface area contributed by atoms with Crippen molar-refractivity contribution < 1.29 is 5.21 Å². The number of hydrogen-bond donors (Lipinski definition) is 2. The Morgan fingerprint density at radius 3 is 2.94 bits per heavy atom. The van der Waals surface area contributed by atoms with Crippen molar-refractivity contribution in [3.8, 4) is 0 Å². The summed E-state index contributed by atoms with van der Waals surface area (Å²) in [6, 6.07) is 1.59. The molecule has 0 amide bonds. The first-order valence-electron chi connectivity index (χ1n) is 4.42. The van der Waals surface area contributed by atoms with Gasteiger partial charge >= 0.3 is 0 Å². The normalized spacial score (nSPS) is 11.7. The number of pyridine rings is 1. The molecule has 0 atom stereocenters. The Labute approximate surface area is 110 Å². The molecule has 2 aromatic rings. The highest BCUT2D eigenvalue weighted by molar-refractivity contribution is 8.01. The van der Waals surface area contributed by atoms with Crippen molar-refractivity contribution in [2.24, 2.45) is 10.9 Å². The first-order chi connectivity index (χ1) is 8.22. The SMILES string of the molecule is N/C(=N/O)c1ccnc(Sc2nccs2)c1Cl. The molecule has 0 saturated heterocycles. The molecule has 3 N–H and O–H groups in total. The zero-order valence-corrected chi connectivity index (χ0v) is 10.8. The summed E-state index contributed by atoms with van der Waals surface area (Å²) < 4.78 is 0.830. The lowest BCUT2D eigenvalue weighted by molar-refractivity contribution is 0.318. The van der Waals surface area contributed by atoms with Crippen LogP contribution in [-0.4, -0.2) is 21.0 Å². The van der Waals surface area contributed by atoms with Gasteiger partial charge in [-0.05, 0) is 17.8 Å². The van der Waals surface area contributed by atoms with E-state index >= 15 is 0 Å². The predicted molar refractivity (Wildman–Crippen MR) is 68.0 cm³/mol. The molecule has 0 spiro atoms. The maximum absolute atomic E-state index is 8.63. The average molecular weight is 287 g/mol. The Kier molecular flexibility index (Phi) is 3.82. The van der Waals surface area contributed by atoms with Gasteiger partial charge in [-0.2, -0.15) is 0 Å². The number of amidine groups is 1. The van der Waals surface area contributed by atoms with Gasteiger partial charge < -0.3 is 10.9 Å². The van der Waals surface area contributed by atoms with Gasteiger partial charge in [0.1, 0.15) is 5.03 Å². The number of oxime groups is 1. The highest BCUT2D eigenvalue weighted by atomic mass is 35.5. The largest absolute Gasteiger partial charge is 0.409 e. The van der Waals surface area contributed by atoms with Crippen LogP contribution in [0.1, 0.15) is 5.56 Å². The molecular formula is C9H7ClN4OS2. The lowest BCUT2D eigenvalue weighted by Crippen LogP contribution is -2.14. The van der Waals surface area contributed by atoms with Gasteiger partial charge in [0.15, 0.2) is 10.2 Å². The molecule has 0 saturated carbocycles. The van der Waals surface area contributed by atoms with Gasteiger partial charge in [0, 0.05) is 23.3 Å². The van der Waals surface area contributed by atoms with Gasteiger partial charge in [0.05, 0.1) is 5.02 Å². The Morgan fingerprint density at radius 2 is 2.29 bits per heavy atom. The fourth-order valence-corrected chi connectivity index (χ4v) is 2.96. The van der Waals surface area contributed by atoms with Gasteiger partial charge in [-0.1, -0.05) is 16.8 Å². The Bertz CT molecular complexity index is 544. The molecule has 17 heavy (non-hydrogen) atoms. The van der Waals surface area contributed by atoms with Crippen LogP contribution in [0.3, 0.4) is 0 Å². The Hall–Kier alpha value is -1.31. The number of nitrogens with two attached hydrogens (primary N) is 1. The molecule has 5 nitrogen and oxygen atoms in total. The number of aromatic nitrogens is 2. The van der Waals surface area contributed by atoms with Crippen LogP contribution in [0.2, 0.25) is 5.02 Å². The van der Waals surface area contributed by atoms with Gasteiger partial charge in [-0.25, -0.2) is 9.97 Å². The van der Waals surface area contributed by atoms with Crippen molar-refractivity contribution in [1.82, 2.24) is 9.97 Å². The van der Waals surface area contributed by atoms with E-state index in [0.29, 0.717) is 15.6 Å². The third-order valence-corrected chi connectivity index (χ3v) is 4.22. The van der Waals surface area contributed by atoms with Crippen molar-refractivity contribution in [3.63, 3.8) is 0 Å². The second-order valence-electron chi connectivity index (χ2n) is 2.86. The minimum Gasteiger partial charge on any atom is -0.409 e. The fraction of sp³-hybridized carbons (Fsp3) is 0. The van der Waals surface area contributed by atoms with Crippen molar-refractivity contribution in [3.05, 3.63) is 34.4 Å². The molecule has 2 heterocycles. The number of nitrogens with zero attached hydrogens (tertiary/aromatic N) is 3. The first-order valence-corrected chi connectivity index (χ1v) is 6.49. The van der Waals surface area contributed by atoms with E-state index in [-0.39, 0.29) is 5.84 Å². The molecule has 0 fully saturated rings. The van der Waals surface area contributed by atoms with Gasteiger partial charge in [0.25, 0.3) is 0 Å². The van der Waals surface area contributed by atoms with E-state index in [1.807, 2.05) is 5.38 Å². The molecule has 8 heteroatoms. The summed E-state index contributed by atoms with van der Waals surface area (Å²) in [5.74, 6) is -0.0432. The quantitative estimate of drug-likeness (QED) is 0.392. The standard InChI is InChI=1S/C9H7ClN4OS2/c10-6-5(7(11)14-15)1-2-12-8(6)17-9-13-3-4-16-9/h1-4,15H,(H2,11,14). The summed E-state index contributed by atoms with van der Waals surface area (Å²) in [4.78, 5) is 8.26. The van der Waals surface area contributed by atoms with Crippen LogP contribution in [0.15, 0.2) is 38.4 Å². The molecule has 0 radical (unpaired) electrons. The lowest BCUT2D eigenvalue weighted by Gasteiger charge is -2.05. The molecule has 0 bridgehead atoms. The molecule has 0 aliphatic rings. The summed E-state index contributed by atoms with van der Waals surface area (Å²) in [6.45, 7) is 0. The van der Waals surface area contributed by atoms with E-state index in [4.69, 9.17) is 22.5 Å². The Morgan fingerprint density at radius 1 is 1.47 bits per heavy atom. The third kappa shape index (κ3) is 2.68. The van der Waals surface area contributed by atoms with Gasteiger partial charge in [-0.3, -0.25) is 0 Å². The average Bonchev–Trinajstić information content (AvgIpc) is 2.84. The van der Waals surface area contributed by atoms with Crippen molar-refractivity contribution in [2.75, 3.05) is 0 Å². The lowest BCUT2D eigenvalue weighted by atomic mass is 10.2. The highest BCUT2D eigenvalue weighted by Crippen LogP contribution is 2.34. The molecular weight excluding hydrogens is 280 g/mol.